The Morgan fingerprint density at radius 3 is 1.00 bits per heavy atom. The average Bonchev–Trinajstić information content (AvgIpc) is 2.60. The van der Waals surface area contributed by atoms with Crippen molar-refractivity contribution in [3.05, 3.63) is 0 Å². The Morgan fingerprint density at radius 1 is 0.531 bits per heavy atom. The van der Waals surface area contributed by atoms with E-state index >= 15 is 0 Å². The first-order valence-corrected chi connectivity index (χ1v) is 8.28. The van der Waals surface area contributed by atoms with Crippen LogP contribution in [0.2, 0.25) is 0 Å². The van der Waals surface area contributed by atoms with E-state index in [9.17, 15) is 71.1 Å². The number of alkyl halides is 14. The molecule has 1 saturated carbocycles. The summed E-state index contributed by atoms with van der Waals surface area (Å²) in [4.78, 5) is 22.7. The number of hydrogen-bond donors (Lipinski definition) is 2. The molecule has 32 heavy (non-hydrogen) atoms. The van der Waals surface area contributed by atoms with Crippen LogP contribution in [0.5, 0.6) is 0 Å². The average molecular weight is 506 g/mol. The van der Waals surface area contributed by atoms with Gasteiger partial charge in [0.2, 0.25) is 0 Å². The maximum atomic E-state index is 13.4. The molecule has 0 spiro atoms. The lowest BCUT2D eigenvalue weighted by molar-refractivity contribution is -0.344. The molecule has 0 aromatic heterocycles. The van der Waals surface area contributed by atoms with E-state index in [1.54, 1.807) is 0 Å². The minimum atomic E-state index is -6.89. The van der Waals surface area contributed by atoms with Gasteiger partial charge in [-0.1, -0.05) is 12.8 Å². The van der Waals surface area contributed by atoms with Gasteiger partial charge in [-0.25, -0.2) is 0 Å². The second kappa shape index (κ2) is 8.39. The summed E-state index contributed by atoms with van der Waals surface area (Å²) in [5.41, 5.74) is 0. The van der Waals surface area contributed by atoms with Crippen molar-refractivity contribution in [2.75, 3.05) is 0 Å². The molecule has 4 nitrogen and oxygen atoms in total. The van der Waals surface area contributed by atoms with Crippen LogP contribution in [0.3, 0.4) is 0 Å². The molecular weight excluding hydrogens is 494 g/mol. The maximum absolute atomic E-state index is 13.4. The number of amides is 2. The van der Waals surface area contributed by atoms with Crippen LogP contribution in [0, 0.1) is 0 Å². The van der Waals surface area contributed by atoms with Crippen LogP contribution in [-0.2, 0) is 9.59 Å². The summed E-state index contributed by atoms with van der Waals surface area (Å²) in [5.74, 6) is -33.1. The minimum absolute atomic E-state index is 0.0896. The maximum Gasteiger partial charge on any atom is 0.460 e. The molecule has 1 aliphatic rings. The molecule has 0 heterocycles. The van der Waals surface area contributed by atoms with Crippen molar-refractivity contribution < 1.29 is 71.1 Å². The predicted molar refractivity (Wildman–Crippen MR) is 74.2 cm³/mol. The quantitative estimate of drug-likeness (QED) is 0.531. The van der Waals surface area contributed by atoms with Crippen LogP contribution >= 0.6 is 0 Å². The van der Waals surface area contributed by atoms with Crippen LogP contribution in [0.4, 0.5) is 61.5 Å². The molecule has 1 fully saturated rings. The van der Waals surface area contributed by atoms with Crippen LogP contribution in [0.25, 0.3) is 0 Å². The molecule has 2 amide bonds. The molecule has 1 aliphatic carbocycles. The Kier molecular flexibility index (Phi) is 7.34. The molecule has 0 radical (unpaired) electrons. The van der Waals surface area contributed by atoms with Gasteiger partial charge in [-0.2, -0.15) is 61.5 Å². The first-order valence-electron chi connectivity index (χ1n) is 8.28. The first-order chi connectivity index (χ1) is 14.0. The van der Waals surface area contributed by atoms with Crippen molar-refractivity contribution in [3.63, 3.8) is 0 Å². The van der Waals surface area contributed by atoms with E-state index in [1.807, 2.05) is 0 Å². The number of carbonyl (C=O) groups excluding carboxylic acids is 2. The molecule has 188 valence electrons. The smallest absolute Gasteiger partial charge is 0.346 e. The molecule has 18 heteroatoms. The summed E-state index contributed by atoms with van der Waals surface area (Å²) < 4.78 is 178. The van der Waals surface area contributed by atoms with Crippen molar-refractivity contribution in [2.45, 2.75) is 73.8 Å². The van der Waals surface area contributed by atoms with Crippen molar-refractivity contribution >= 4 is 11.8 Å². The van der Waals surface area contributed by atoms with Gasteiger partial charge in [-0.15, -0.1) is 0 Å². The molecule has 0 aliphatic heterocycles. The number of carbonyl (C=O) groups is 2. The highest BCUT2D eigenvalue weighted by molar-refractivity contribution is 5.86. The highest BCUT2D eigenvalue weighted by Gasteiger charge is 2.77. The van der Waals surface area contributed by atoms with E-state index in [2.05, 4.69) is 0 Å². The van der Waals surface area contributed by atoms with Crippen molar-refractivity contribution in [3.8, 4) is 0 Å². The first kappa shape index (κ1) is 28.0. The number of halogens is 14. The molecule has 2 atom stereocenters. The van der Waals surface area contributed by atoms with Crippen LogP contribution in [0.15, 0.2) is 0 Å². The molecular formula is C14H12F14N2O2. The van der Waals surface area contributed by atoms with Gasteiger partial charge in [0.05, 0.1) is 0 Å². The SMILES string of the molecule is O=C(N[C@H]1CCCC[C@@H]1NC(=O)C(F)(F)C(F)(F)C(F)(F)F)C(F)(F)C(F)(F)C(F)(F)F. The zero-order chi connectivity index (χ0) is 25.6. The van der Waals surface area contributed by atoms with Crippen LogP contribution in [-0.4, -0.2) is 59.9 Å². The Hall–Kier alpha value is -2.04. The summed E-state index contributed by atoms with van der Waals surface area (Å²) in [6.07, 6.45) is -15.2. The molecule has 0 aromatic rings. The molecule has 0 unspecified atom stereocenters. The largest absolute Gasteiger partial charge is 0.460 e. The van der Waals surface area contributed by atoms with Gasteiger partial charge in [0.15, 0.2) is 0 Å². The van der Waals surface area contributed by atoms with E-state index in [1.165, 1.54) is 0 Å². The minimum Gasteiger partial charge on any atom is -0.346 e. The van der Waals surface area contributed by atoms with Gasteiger partial charge in [0.25, 0.3) is 11.8 Å². The number of nitrogens with one attached hydrogen (secondary N) is 2. The standard InChI is InChI=1S/C14H12F14N2O2/c15-9(16,11(19,20)13(23,24)25)7(31)29-5-3-1-2-4-6(5)30-8(32)10(17,18)12(21,22)14(26,27)28/h5-6H,1-4H2,(H,29,31)(H,30,32)/t5-,6-/m0/s1. The fourth-order valence-corrected chi connectivity index (χ4v) is 2.64. The predicted octanol–water partition coefficient (Wildman–Crippen LogP) is 4.20. The fraction of sp³-hybridized carbons (Fsp3) is 0.857. The highest BCUT2D eigenvalue weighted by atomic mass is 19.4. The topological polar surface area (TPSA) is 58.2 Å². The van der Waals surface area contributed by atoms with Crippen molar-refractivity contribution in [2.24, 2.45) is 0 Å². The zero-order valence-corrected chi connectivity index (χ0v) is 15.1. The van der Waals surface area contributed by atoms with Gasteiger partial charge in [-0.3, -0.25) is 9.59 Å². The van der Waals surface area contributed by atoms with Crippen LogP contribution < -0.4 is 10.6 Å². The molecule has 2 N–H and O–H groups in total. The van der Waals surface area contributed by atoms with Crippen molar-refractivity contribution in [1.29, 1.82) is 0 Å². The second-order valence-electron chi connectivity index (χ2n) is 6.74. The van der Waals surface area contributed by atoms with Gasteiger partial charge in [0.1, 0.15) is 0 Å². The van der Waals surface area contributed by atoms with E-state index in [-0.39, 0.29) is 12.8 Å². The highest BCUT2D eigenvalue weighted by Crippen LogP contribution is 2.48. The Bertz CT molecular complexity index is 655. The lowest BCUT2D eigenvalue weighted by atomic mass is 9.89. The monoisotopic (exact) mass is 506 g/mol. The van der Waals surface area contributed by atoms with Gasteiger partial charge < -0.3 is 10.6 Å². The summed E-state index contributed by atoms with van der Waals surface area (Å²) >= 11 is 0. The van der Waals surface area contributed by atoms with Gasteiger partial charge in [0, 0.05) is 12.1 Å². The molecule has 0 aromatic carbocycles. The Morgan fingerprint density at radius 2 is 0.781 bits per heavy atom. The third-order valence-electron chi connectivity index (χ3n) is 4.47. The number of hydrogen-bond acceptors (Lipinski definition) is 2. The van der Waals surface area contributed by atoms with E-state index < -0.39 is 72.8 Å². The van der Waals surface area contributed by atoms with E-state index in [0.717, 1.165) is 10.6 Å². The lowest BCUT2D eigenvalue weighted by Gasteiger charge is -2.36. The van der Waals surface area contributed by atoms with Gasteiger partial charge >= 0.3 is 36.0 Å². The normalized spacial score (nSPS) is 21.8. The fourth-order valence-electron chi connectivity index (χ4n) is 2.64. The van der Waals surface area contributed by atoms with Gasteiger partial charge in [-0.05, 0) is 12.8 Å². The van der Waals surface area contributed by atoms with Crippen molar-refractivity contribution in [1.82, 2.24) is 10.6 Å². The third-order valence-corrected chi connectivity index (χ3v) is 4.47. The second-order valence-corrected chi connectivity index (χ2v) is 6.74. The summed E-state index contributed by atoms with van der Waals surface area (Å²) in [7, 11) is 0. The Balaban J connectivity index is 3.07. The van der Waals surface area contributed by atoms with E-state index in [0.29, 0.717) is 0 Å². The lowest BCUT2D eigenvalue weighted by Crippen LogP contribution is -2.65. The number of rotatable bonds is 6. The summed E-state index contributed by atoms with van der Waals surface area (Å²) in [6, 6.07) is -4.13. The third kappa shape index (κ3) is 4.82. The van der Waals surface area contributed by atoms with E-state index in [4.69, 9.17) is 0 Å². The zero-order valence-electron chi connectivity index (χ0n) is 15.1. The Labute approximate surface area is 168 Å². The molecule has 0 saturated heterocycles. The molecule has 0 bridgehead atoms. The summed E-state index contributed by atoms with van der Waals surface area (Å²) in [6.45, 7) is 0. The molecule has 1 rings (SSSR count). The summed E-state index contributed by atoms with van der Waals surface area (Å²) in [5, 5.41) is 1.95. The van der Waals surface area contributed by atoms with Crippen LogP contribution in [0.1, 0.15) is 25.7 Å².